The van der Waals surface area contributed by atoms with Crippen LogP contribution in [-0.4, -0.2) is 35.9 Å². The van der Waals surface area contributed by atoms with Gasteiger partial charge in [-0.25, -0.2) is 0 Å². The lowest BCUT2D eigenvalue weighted by molar-refractivity contribution is -0.122. The summed E-state index contributed by atoms with van der Waals surface area (Å²) in [5.41, 5.74) is 2.48. The number of rotatable bonds is 8. The van der Waals surface area contributed by atoms with Crippen LogP contribution < -0.4 is 10.2 Å². The van der Waals surface area contributed by atoms with Crippen LogP contribution in [0.25, 0.3) is 0 Å². The molecule has 27 heavy (non-hydrogen) atoms. The maximum atomic E-state index is 13.1. The molecule has 0 spiro atoms. The number of amides is 2. The maximum Gasteiger partial charge on any atom is 0.259 e. The molecule has 1 atom stereocenters. The van der Waals surface area contributed by atoms with Gasteiger partial charge in [0.1, 0.15) is 6.04 Å². The smallest absolute Gasteiger partial charge is 0.259 e. The zero-order valence-corrected chi connectivity index (χ0v) is 16.5. The number of fused-ring (bicyclic) bond motifs is 1. The number of para-hydroxylation sites is 1. The van der Waals surface area contributed by atoms with Crippen molar-refractivity contribution in [3.8, 4) is 0 Å². The summed E-state index contributed by atoms with van der Waals surface area (Å²) in [6, 6.07) is 16.5. The minimum Gasteiger partial charge on any atom is -0.354 e. The molecular formula is C22H26N2O2S. The molecule has 1 aliphatic rings. The Hall–Kier alpha value is -2.27. The Morgan fingerprint density at radius 1 is 1.07 bits per heavy atom. The zero-order valence-electron chi connectivity index (χ0n) is 15.7. The first-order chi connectivity index (χ1) is 13.2. The van der Waals surface area contributed by atoms with Gasteiger partial charge >= 0.3 is 0 Å². The van der Waals surface area contributed by atoms with Crippen molar-refractivity contribution in [2.75, 3.05) is 23.0 Å². The minimum absolute atomic E-state index is 0.0732. The summed E-state index contributed by atoms with van der Waals surface area (Å²) in [5, 5.41) is 3.03. The second kappa shape index (κ2) is 9.60. The molecule has 0 aliphatic carbocycles. The molecule has 0 bridgehead atoms. The van der Waals surface area contributed by atoms with Crippen molar-refractivity contribution in [1.29, 1.82) is 0 Å². The van der Waals surface area contributed by atoms with Crippen LogP contribution in [0.3, 0.4) is 0 Å². The lowest BCUT2D eigenvalue weighted by Crippen LogP contribution is -2.48. The van der Waals surface area contributed by atoms with E-state index in [2.05, 4.69) is 12.2 Å². The molecule has 2 amide bonds. The Morgan fingerprint density at radius 2 is 1.81 bits per heavy atom. The van der Waals surface area contributed by atoms with Crippen LogP contribution in [0.4, 0.5) is 5.69 Å². The fourth-order valence-electron chi connectivity index (χ4n) is 3.32. The van der Waals surface area contributed by atoms with E-state index in [0.717, 1.165) is 29.2 Å². The lowest BCUT2D eigenvalue weighted by atomic mass is 10.1. The molecule has 2 aromatic rings. The topological polar surface area (TPSA) is 49.4 Å². The van der Waals surface area contributed by atoms with Gasteiger partial charge in [-0.3, -0.25) is 14.5 Å². The van der Waals surface area contributed by atoms with Crippen LogP contribution in [0, 0.1) is 0 Å². The largest absolute Gasteiger partial charge is 0.354 e. The highest BCUT2D eigenvalue weighted by molar-refractivity contribution is 7.99. The molecule has 1 N–H and O–H groups in total. The van der Waals surface area contributed by atoms with E-state index in [1.807, 2.05) is 54.2 Å². The van der Waals surface area contributed by atoms with Gasteiger partial charge in [0.25, 0.3) is 5.91 Å². The Labute approximate surface area is 165 Å². The SMILES string of the molecule is CCCSCCCNC(=O)C1Cc2ccccc2N1C(=O)c1ccccc1. The molecule has 5 heteroatoms. The fourth-order valence-corrected chi connectivity index (χ4v) is 4.16. The summed E-state index contributed by atoms with van der Waals surface area (Å²) < 4.78 is 0. The maximum absolute atomic E-state index is 13.1. The average molecular weight is 383 g/mol. The summed E-state index contributed by atoms with van der Waals surface area (Å²) in [4.78, 5) is 27.6. The Kier molecular flexibility index (Phi) is 6.93. The number of thioether (sulfide) groups is 1. The van der Waals surface area contributed by atoms with Crippen molar-refractivity contribution >= 4 is 29.3 Å². The van der Waals surface area contributed by atoms with Crippen molar-refractivity contribution in [2.45, 2.75) is 32.2 Å². The van der Waals surface area contributed by atoms with E-state index < -0.39 is 6.04 Å². The molecule has 1 aliphatic heterocycles. The number of nitrogens with zero attached hydrogens (tertiary/aromatic N) is 1. The van der Waals surface area contributed by atoms with Crippen LogP contribution in [0.2, 0.25) is 0 Å². The second-order valence-corrected chi connectivity index (χ2v) is 7.87. The number of carbonyl (C=O) groups excluding carboxylic acids is 2. The van der Waals surface area contributed by atoms with Crippen molar-refractivity contribution < 1.29 is 9.59 Å². The number of carbonyl (C=O) groups is 2. The van der Waals surface area contributed by atoms with Gasteiger partial charge in [0, 0.05) is 24.2 Å². The number of hydrogen-bond acceptors (Lipinski definition) is 3. The predicted octanol–water partition coefficient (Wildman–Crippen LogP) is 3.91. The van der Waals surface area contributed by atoms with Crippen molar-refractivity contribution in [3.63, 3.8) is 0 Å². The molecule has 0 aromatic heterocycles. The van der Waals surface area contributed by atoms with Crippen LogP contribution in [0.5, 0.6) is 0 Å². The highest BCUT2D eigenvalue weighted by Crippen LogP contribution is 2.33. The Bertz CT molecular complexity index is 779. The summed E-state index contributed by atoms with van der Waals surface area (Å²) in [6.07, 6.45) is 2.68. The molecule has 1 heterocycles. The van der Waals surface area contributed by atoms with Gasteiger partial charge in [-0.15, -0.1) is 0 Å². The normalized spacial score (nSPS) is 15.4. The molecule has 0 saturated heterocycles. The van der Waals surface area contributed by atoms with Gasteiger partial charge < -0.3 is 5.32 Å². The Balaban J connectivity index is 1.70. The van der Waals surface area contributed by atoms with Gasteiger partial charge in [-0.05, 0) is 48.1 Å². The first kappa shape index (κ1) is 19.5. The third-order valence-electron chi connectivity index (χ3n) is 4.63. The van der Waals surface area contributed by atoms with Crippen molar-refractivity contribution in [2.24, 2.45) is 0 Å². The van der Waals surface area contributed by atoms with E-state index in [1.54, 1.807) is 17.0 Å². The number of nitrogens with one attached hydrogen (secondary N) is 1. The zero-order chi connectivity index (χ0) is 19.1. The summed E-state index contributed by atoms with van der Waals surface area (Å²) in [7, 11) is 0. The van der Waals surface area contributed by atoms with E-state index >= 15 is 0 Å². The lowest BCUT2D eigenvalue weighted by Gasteiger charge is -2.25. The number of benzene rings is 2. The number of hydrogen-bond donors (Lipinski definition) is 1. The first-order valence-electron chi connectivity index (χ1n) is 9.54. The fraction of sp³-hybridized carbons (Fsp3) is 0.364. The number of anilines is 1. The van der Waals surface area contributed by atoms with E-state index in [-0.39, 0.29) is 11.8 Å². The van der Waals surface area contributed by atoms with Crippen LogP contribution in [0.1, 0.15) is 35.7 Å². The first-order valence-corrected chi connectivity index (χ1v) is 10.7. The van der Waals surface area contributed by atoms with Gasteiger partial charge in [0.2, 0.25) is 5.91 Å². The summed E-state index contributed by atoms with van der Waals surface area (Å²) in [5.74, 6) is 2.01. The van der Waals surface area contributed by atoms with Crippen LogP contribution in [-0.2, 0) is 11.2 Å². The predicted molar refractivity (Wildman–Crippen MR) is 112 cm³/mol. The van der Waals surface area contributed by atoms with E-state index in [0.29, 0.717) is 18.5 Å². The van der Waals surface area contributed by atoms with Gasteiger partial charge in [-0.1, -0.05) is 43.3 Å². The summed E-state index contributed by atoms with van der Waals surface area (Å²) >= 11 is 1.91. The monoisotopic (exact) mass is 382 g/mol. The van der Waals surface area contributed by atoms with E-state index in [1.165, 1.54) is 6.42 Å². The third kappa shape index (κ3) is 4.72. The molecule has 1 unspecified atom stereocenters. The second-order valence-electron chi connectivity index (χ2n) is 6.65. The van der Waals surface area contributed by atoms with Crippen LogP contribution in [0.15, 0.2) is 54.6 Å². The third-order valence-corrected chi connectivity index (χ3v) is 5.91. The average Bonchev–Trinajstić information content (AvgIpc) is 3.10. The molecular weight excluding hydrogens is 356 g/mol. The van der Waals surface area contributed by atoms with Crippen molar-refractivity contribution in [1.82, 2.24) is 5.32 Å². The van der Waals surface area contributed by atoms with Crippen molar-refractivity contribution in [3.05, 3.63) is 65.7 Å². The molecule has 2 aromatic carbocycles. The van der Waals surface area contributed by atoms with E-state index in [9.17, 15) is 9.59 Å². The minimum atomic E-state index is -0.488. The quantitative estimate of drug-likeness (QED) is 0.704. The highest BCUT2D eigenvalue weighted by atomic mass is 32.2. The molecule has 4 nitrogen and oxygen atoms in total. The van der Waals surface area contributed by atoms with Gasteiger partial charge in [0.15, 0.2) is 0 Å². The molecule has 0 fully saturated rings. The molecule has 3 rings (SSSR count). The summed E-state index contributed by atoms with van der Waals surface area (Å²) in [6.45, 7) is 2.82. The Morgan fingerprint density at radius 3 is 2.59 bits per heavy atom. The molecule has 142 valence electrons. The van der Waals surface area contributed by atoms with E-state index in [4.69, 9.17) is 0 Å². The van der Waals surface area contributed by atoms with Gasteiger partial charge in [0.05, 0.1) is 0 Å². The molecule has 0 radical (unpaired) electrons. The van der Waals surface area contributed by atoms with Crippen LogP contribution >= 0.6 is 11.8 Å². The standard InChI is InChI=1S/C22H26N2O2S/c1-2-14-27-15-8-13-23-21(25)20-16-18-11-6-7-12-19(18)24(20)22(26)17-9-4-3-5-10-17/h3-7,9-12,20H,2,8,13-16H2,1H3,(H,23,25). The molecule has 0 saturated carbocycles. The highest BCUT2D eigenvalue weighted by Gasteiger charge is 2.38. The van der Waals surface area contributed by atoms with Gasteiger partial charge in [-0.2, -0.15) is 11.8 Å².